The highest BCUT2D eigenvalue weighted by atomic mass is 16.2. The Bertz CT molecular complexity index is 841. The molecule has 0 saturated heterocycles. The Morgan fingerprint density at radius 1 is 0.920 bits per heavy atom. The van der Waals surface area contributed by atoms with Crippen LogP contribution in [0.1, 0.15) is 11.6 Å². The lowest BCUT2D eigenvalue weighted by atomic mass is 9.98. The summed E-state index contributed by atoms with van der Waals surface area (Å²) in [6.45, 7) is 0.527. The second kappa shape index (κ2) is 7.81. The number of carbonyl (C=O) groups is 1. The molecule has 0 radical (unpaired) electrons. The molecular weight excluding hydrogens is 310 g/mol. The van der Waals surface area contributed by atoms with E-state index in [1.54, 1.807) is 0 Å². The average Bonchev–Trinajstić information content (AvgIpc) is 2.62. The first-order chi connectivity index (χ1) is 12.1. The number of amides is 2. The fourth-order valence-electron chi connectivity index (χ4n) is 3.00. The van der Waals surface area contributed by atoms with Crippen LogP contribution in [0.2, 0.25) is 0 Å². The molecular formula is C21H23N3O. The van der Waals surface area contributed by atoms with Crippen molar-refractivity contribution in [2.75, 3.05) is 26.0 Å². The summed E-state index contributed by atoms with van der Waals surface area (Å²) < 4.78 is 0. The summed E-state index contributed by atoms with van der Waals surface area (Å²) >= 11 is 0. The molecule has 3 rings (SSSR count). The van der Waals surface area contributed by atoms with Crippen molar-refractivity contribution < 1.29 is 4.79 Å². The van der Waals surface area contributed by atoms with Gasteiger partial charge in [0.25, 0.3) is 0 Å². The minimum absolute atomic E-state index is 0.0904. The first-order valence-electron chi connectivity index (χ1n) is 8.39. The van der Waals surface area contributed by atoms with Crippen molar-refractivity contribution in [2.45, 2.75) is 6.04 Å². The van der Waals surface area contributed by atoms with E-state index in [-0.39, 0.29) is 12.1 Å². The molecule has 128 valence electrons. The third-order valence-electron chi connectivity index (χ3n) is 4.29. The van der Waals surface area contributed by atoms with E-state index in [4.69, 9.17) is 0 Å². The number of rotatable bonds is 5. The zero-order valence-corrected chi connectivity index (χ0v) is 14.6. The van der Waals surface area contributed by atoms with E-state index in [1.807, 2.05) is 56.6 Å². The first-order valence-corrected chi connectivity index (χ1v) is 8.39. The standard InChI is InChI=1S/C21H23N3O/c1-24(2)20(15-22-21(25)23-17-11-4-3-5-12-17)19-14-8-10-16-9-6-7-13-18(16)19/h3-14,20H,15H2,1-2H3,(H2,22,23,25)/t20-/m1/s1. The number of nitrogens with one attached hydrogen (secondary N) is 2. The maximum Gasteiger partial charge on any atom is 0.319 e. The number of fused-ring (bicyclic) bond motifs is 1. The summed E-state index contributed by atoms with van der Waals surface area (Å²) in [5.41, 5.74) is 2.00. The Morgan fingerprint density at radius 3 is 2.36 bits per heavy atom. The summed E-state index contributed by atoms with van der Waals surface area (Å²) in [5, 5.41) is 8.27. The van der Waals surface area contributed by atoms with E-state index >= 15 is 0 Å². The van der Waals surface area contributed by atoms with Gasteiger partial charge in [-0.25, -0.2) is 4.79 Å². The largest absolute Gasteiger partial charge is 0.336 e. The van der Waals surface area contributed by atoms with Gasteiger partial charge in [-0.15, -0.1) is 0 Å². The molecule has 0 fully saturated rings. The van der Waals surface area contributed by atoms with E-state index < -0.39 is 0 Å². The number of anilines is 1. The number of hydrogen-bond acceptors (Lipinski definition) is 2. The van der Waals surface area contributed by atoms with Gasteiger partial charge in [-0.1, -0.05) is 60.7 Å². The third kappa shape index (κ3) is 4.17. The van der Waals surface area contributed by atoms with Gasteiger partial charge in [0.1, 0.15) is 0 Å². The molecule has 0 aliphatic rings. The fourth-order valence-corrected chi connectivity index (χ4v) is 3.00. The molecule has 0 aromatic heterocycles. The number of urea groups is 1. The first kappa shape index (κ1) is 17.0. The van der Waals surface area contributed by atoms with Gasteiger partial charge < -0.3 is 15.5 Å². The summed E-state index contributed by atoms with van der Waals surface area (Å²) in [6.07, 6.45) is 0. The molecule has 0 spiro atoms. The Hall–Kier alpha value is -2.85. The second-order valence-corrected chi connectivity index (χ2v) is 6.25. The van der Waals surface area contributed by atoms with Crippen LogP contribution >= 0.6 is 0 Å². The van der Waals surface area contributed by atoms with E-state index in [1.165, 1.54) is 16.3 Å². The molecule has 2 amide bonds. The van der Waals surface area contributed by atoms with Crippen molar-refractivity contribution >= 4 is 22.5 Å². The molecule has 4 heteroatoms. The summed E-state index contributed by atoms with van der Waals surface area (Å²) in [4.78, 5) is 14.3. The van der Waals surface area contributed by atoms with Gasteiger partial charge in [0, 0.05) is 12.2 Å². The molecule has 4 nitrogen and oxygen atoms in total. The van der Waals surface area contributed by atoms with Crippen molar-refractivity contribution in [1.82, 2.24) is 10.2 Å². The van der Waals surface area contributed by atoms with Crippen LogP contribution in [0.15, 0.2) is 72.8 Å². The van der Waals surface area contributed by atoms with Crippen molar-refractivity contribution in [3.8, 4) is 0 Å². The van der Waals surface area contributed by atoms with Gasteiger partial charge in [-0.3, -0.25) is 0 Å². The lowest BCUT2D eigenvalue weighted by Gasteiger charge is -2.26. The van der Waals surface area contributed by atoms with Crippen molar-refractivity contribution in [3.05, 3.63) is 78.4 Å². The van der Waals surface area contributed by atoms with Gasteiger partial charge in [-0.05, 0) is 42.6 Å². The minimum atomic E-state index is -0.196. The molecule has 0 unspecified atom stereocenters. The van der Waals surface area contributed by atoms with Crippen LogP contribution in [0.25, 0.3) is 10.8 Å². The monoisotopic (exact) mass is 333 g/mol. The normalized spacial score (nSPS) is 12.1. The number of nitrogens with zero attached hydrogens (tertiary/aromatic N) is 1. The highest BCUT2D eigenvalue weighted by Crippen LogP contribution is 2.26. The van der Waals surface area contributed by atoms with Crippen LogP contribution in [0.4, 0.5) is 10.5 Å². The van der Waals surface area contributed by atoms with Crippen LogP contribution in [0.3, 0.4) is 0 Å². The topological polar surface area (TPSA) is 44.4 Å². The van der Waals surface area contributed by atoms with Crippen molar-refractivity contribution in [1.29, 1.82) is 0 Å². The Labute approximate surface area is 148 Å². The molecule has 2 N–H and O–H groups in total. The summed E-state index contributed by atoms with van der Waals surface area (Å²) in [6, 6.07) is 24.0. The minimum Gasteiger partial charge on any atom is -0.336 e. The quantitative estimate of drug-likeness (QED) is 0.732. The van der Waals surface area contributed by atoms with Gasteiger partial charge in [0.05, 0.1) is 6.04 Å². The van der Waals surface area contributed by atoms with Crippen LogP contribution in [-0.2, 0) is 0 Å². The summed E-state index contributed by atoms with van der Waals surface area (Å²) in [5.74, 6) is 0. The Kier molecular flexibility index (Phi) is 5.31. The molecule has 25 heavy (non-hydrogen) atoms. The highest BCUT2D eigenvalue weighted by molar-refractivity contribution is 5.89. The number of carbonyl (C=O) groups excluding carboxylic acids is 1. The van der Waals surface area contributed by atoms with Crippen molar-refractivity contribution in [2.24, 2.45) is 0 Å². The number of hydrogen-bond donors (Lipinski definition) is 2. The smallest absolute Gasteiger partial charge is 0.319 e. The van der Waals surface area contributed by atoms with Crippen LogP contribution in [0.5, 0.6) is 0 Å². The zero-order valence-electron chi connectivity index (χ0n) is 14.6. The van der Waals surface area contributed by atoms with Crippen molar-refractivity contribution in [3.63, 3.8) is 0 Å². The van der Waals surface area contributed by atoms with Crippen LogP contribution in [0, 0.1) is 0 Å². The Balaban J connectivity index is 1.74. The fraction of sp³-hybridized carbons (Fsp3) is 0.190. The number of benzene rings is 3. The lowest BCUT2D eigenvalue weighted by molar-refractivity contribution is 0.243. The highest BCUT2D eigenvalue weighted by Gasteiger charge is 2.17. The number of likely N-dealkylation sites (N-methyl/N-ethyl adjacent to an activating group) is 1. The van der Waals surface area contributed by atoms with E-state index in [0.717, 1.165) is 5.69 Å². The predicted molar refractivity (Wildman–Crippen MR) is 104 cm³/mol. The van der Waals surface area contributed by atoms with E-state index in [0.29, 0.717) is 6.54 Å². The SMILES string of the molecule is CN(C)[C@H](CNC(=O)Nc1ccccc1)c1cccc2ccccc12. The zero-order chi connectivity index (χ0) is 17.6. The molecule has 0 bridgehead atoms. The molecule has 0 aliphatic heterocycles. The molecule has 0 saturated carbocycles. The summed E-state index contributed by atoms with van der Waals surface area (Å²) in [7, 11) is 4.06. The van der Waals surface area contributed by atoms with Gasteiger partial charge in [0.2, 0.25) is 0 Å². The molecule has 1 atom stereocenters. The Morgan fingerprint density at radius 2 is 1.60 bits per heavy atom. The lowest BCUT2D eigenvalue weighted by Crippen LogP contribution is -2.37. The second-order valence-electron chi connectivity index (χ2n) is 6.25. The van der Waals surface area contributed by atoms with E-state index in [9.17, 15) is 4.79 Å². The average molecular weight is 333 g/mol. The predicted octanol–water partition coefficient (Wildman–Crippen LogP) is 4.26. The van der Waals surface area contributed by atoms with Crippen LogP contribution < -0.4 is 10.6 Å². The van der Waals surface area contributed by atoms with Gasteiger partial charge >= 0.3 is 6.03 Å². The van der Waals surface area contributed by atoms with E-state index in [2.05, 4.69) is 45.9 Å². The van der Waals surface area contributed by atoms with Gasteiger partial charge in [-0.2, -0.15) is 0 Å². The molecule has 0 heterocycles. The number of para-hydroxylation sites is 1. The maximum atomic E-state index is 12.2. The third-order valence-corrected chi connectivity index (χ3v) is 4.29. The molecule has 3 aromatic rings. The van der Waals surface area contributed by atoms with Gasteiger partial charge in [0.15, 0.2) is 0 Å². The van der Waals surface area contributed by atoms with Crippen LogP contribution in [-0.4, -0.2) is 31.6 Å². The molecule has 3 aromatic carbocycles. The maximum absolute atomic E-state index is 12.2. The molecule has 0 aliphatic carbocycles.